The van der Waals surface area contributed by atoms with Crippen molar-refractivity contribution in [1.82, 2.24) is 0 Å². The average Bonchev–Trinajstić information content (AvgIpc) is 1.96. The van der Waals surface area contributed by atoms with Crippen LogP contribution in [-0.2, 0) is 4.79 Å². The Morgan fingerprint density at radius 3 is 1.79 bits per heavy atom. The highest BCUT2D eigenvalue weighted by atomic mass is 19.4. The van der Waals surface area contributed by atoms with Crippen molar-refractivity contribution in [2.45, 2.75) is 40.3 Å². The van der Waals surface area contributed by atoms with E-state index >= 15 is 0 Å². The maximum Gasteiger partial charge on any atom is 0.398 e. The lowest BCUT2D eigenvalue weighted by Gasteiger charge is -2.22. The maximum absolute atomic E-state index is 12.5. The fraction of sp³-hybridized carbons (Fsp3) is 0.900. The van der Waals surface area contributed by atoms with Gasteiger partial charge in [0, 0.05) is 5.92 Å². The number of carbonyl (C=O) groups is 1. The van der Waals surface area contributed by atoms with E-state index in [1.165, 1.54) is 13.8 Å². The van der Waals surface area contributed by atoms with Crippen molar-refractivity contribution in [2.75, 3.05) is 0 Å². The molecule has 0 unspecified atom stereocenters. The molecule has 1 nitrogen and oxygen atoms in total. The molecule has 84 valence electrons. The van der Waals surface area contributed by atoms with E-state index in [4.69, 9.17) is 0 Å². The molecular weight excluding hydrogens is 193 g/mol. The second-order valence-corrected chi connectivity index (χ2v) is 4.28. The molecular formula is C10H17F3O. The molecule has 14 heavy (non-hydrogen) atoms. The summed E-state index contributed by atoms with van der Waals surface area (Å²) in [5, 5.41) is 0. The normalized spacial score (nSPS) is 14.9. The van der Waals surface area contributed by atoms with Crippen LogP contribution >= 0.6 is 0 Å². The highest BCUT2D eigenvalue weighted by Gasteiger charge is 2.44. The third-order valence-electron chi connectivity index (χ3n) is 2.01. The Morgan fingerprint density at radius 1 is 1.14 bits per heavy atom. The van der Waals surface area contributed by atoms with Gasteiger partial charge in [0.1, 0.15) is 11.7 Å². The number of halogens is 3. The number of Topliss-reactive ketones (excluding diaryl/α,β-unsaturated/α-hetero) is 1. The summed E-state index contributed by atoms with van der Waals surface area (Å²) in [6.07, 6.45) is -4.51. The molecule has 1 atom stereocenters. The van der Waals surface area contributed by atoms with Crippen molar-refractivity contribution in [3.63, 3.8) is 0 Å². The molecule has 0 aliphatic heterocycles. The average molecular weight is 210 g/mol. The second-order valence-electron chi connectivity index (χ2n) is 4.28. The first-order chi connectivity index (χ1) is 6.16. The predicted molar refractivity (Wildman–Crippen MR) is 48.8 cm³/mol. The first-order valence-corrected chi connectivity index (χ1v) is 4.76. The van der Waals surface area contributed by atoms with Crippen LogP contribution in [0.1, 0.15) is 34.1 Å². The Hall–Kier alpha value is -0.540. The smallest absolute Gasteiger partial charge is 0.299 e. The molecule has 0 aromatic heterocycles. The fourth-order valence-corrected chi connectivity index (χ4v) is 1.28. The van der Waals surface area contributed by atoms with Gasteiger partial charge in [-0.15, -0.1) is 0 Å². The van der Waals surface area contributed by atoms with Gasteiger partial charge in [-0.3, -0.25) is 4.79 Å². The van der Waals surface area contributed by atoms with E-state index in [2.05, 4.69) is 0 Å². The molecule has 0 saturated carbocycles. The standard InChI is InChI=1S/C10H17F3O/c1-6(2)5-8(10(11,12)13)9(14)7(3)4/h6-8H,5H2,1-4H3/t8-/m1/s1. The summed E-state index contributed by atoms with van der Waals surface area (Å²) >= 11 is 0. The second kappa shape index (κ2) is 4.80. The van der Waals surface area contributed by atoms with E-state index in [-0.39, 0.29) is 12.3 Å². The van der Waals surface area contributed by atoms with Gasteiger partial charge in [-0.25, -0.2) is 0 Å². The first-order valence-electron chi connectivity index (χ1n) is 4.76. The van der Waals surface area contributed by atoms with Crippen molar-refractivity contribution >= 4 is 5.78 Å². The minimum absolute atomic E-state index is 0.111. The Labute approximate surface area is 82.7 Å². The molecule has 0 bridgehead atoms. The number of rotatable bonds is 4. The molecule has 0 rings (SSSR count). The summed E-state index contributed by atoms with van der Waals surface area (Å²) in [4.78, 5) is 11.3. The van der Waals surface area contributed by atoms with Gasteiger partial charge in [0.05, 0.1) is 0 Å². The number of hydrogen-bond acceptors (Lipinski definition) is 1. The van der Waals surface area contributed by atoms with Gasteiger partial charge >= 0.3 is 6.18 Å². The molecule has 4 heteroatoms. The largest absolute Gasteiger partial charge is 0.398 e. The Bertz CT molecular complexity index is 194. The molecule has 0 aliphatic rings. The van der Waals surface area contributed by atoms with Gasteiger partial charge in [-0.05, 0) is 12.3 Å². The van der Waals surface area contributed by atoms with E-state index in [0.29, 0.717) is 0 Å². The number of ketones is 1. The molecule has 0 N–H and O–H groups in total. The van der Waals surface area contributed by atoms with Crippen LogP contribution in [-0.4, -0.2) is 12.0 Å². The monoisotopic (exact) mass is 210 g/mol. The van der Waals surface area contributed by atoms with Gasteiger partial charge in [0.25, 0.3) is 0 Å². The third-order valence-corrected chi connectivity index (χ3v) is 2.01. The van der Waals surface area contributed by atoms with Crippen LogP contribution in [0.2, 0.25) is 0 Å². The van der Waals surface area contributed by atoms with Crippen LogP contribution in [0.5, 0.6) is 0 Å². The predicted octanol–water partition coefficient (Wildman–Crippen LogP) is 3.44. The molecule has 0 aromatic carbocycles. The Kier molecular flexibility index (Phi) is 4.62. The van der Waals surface area contributed by atoms with Gasteiger partial charge in [0.15, 0.2) is 0 Å². The van der Waals surface area contributed by atoms with Gasteiger partial charge in [-0.1, -0.05) is 27.7 Å². The lowest BCUT2D eigenvalue weighted by molar-refractivity contribution is -0.186. The minimum atomic E-state index is -4.40. The zero-order valence-corrected chi connectivity index (χ0v) is 8.98. The lowest BCUT2D eigenvalue weighted by Crippen LogP contribution is -2.34. The highest BCUT2D eigenvalue weighted by Crippen LogP contribution is 2.33. The van der Waals surface area contributed by atoms with E-state index in [0.717, 1.165) is 0 Å². The van der Waals surface area contributed by atoms with Crippen LogP contribution in [0.3, 0.4) is 0 Å². The fourth-order valence-electron chi connectivity index (χ4n) is 1.28. The molecule has 0 heterocycles. The molecule has 0 aliphatic carbocycles. The van der Waals surface area contributed by atoms with Gasteiger partial charge < -0.3 is 0 Å². The summed E-state index contributed by atoms with van der Waals surface area (Å²) in [5.74, 6) is -3.17. The molecule has 0 radical (unpaired) electrons. The first kappa shape index (κ1) is 13.5. The number of alkyl halides is 3. The third kappa shape index (κ3) is 4.11. The van der Waals surface area contributed by atoms with Crippen LogP contribution < -0.4 is 0 Å². The van der Waals surface area contributed by atoms with Crippen molar-refractivity contribution in [3.8, 4) is 0 Å². The van der Waals surface area contributed by atoms with Crippen molar-refractivity contribution in [3.05, 3.63) is 0 Å². The quantitative estimate of drug-likeness (QED) is 0.694. The van der Waals surface area contributed by atoms with Crippen LogP contribution in [0, 0.1) is 17.8 Å². The number of carbonyl (C=O) groups excluding carboxylic acids is 1. The van der Waals surface area contributed by atoms with Crippen LogP contribution in [0.15, 0.2) is 0 Å². The van der Waals surface area contributed by atoms with E-state index in [9.17, 15) is 18.0 Å². The Morgan fingerprint density at radius 2 is 1.57 bits per heavy atom. The summed E-state index contributed by atoms with van der Waals surface area (Å²) in [6, 6.07) is 0. The molecule has 0 fully saturated rings. The summed E-state index contributed by atoms with van der Waals surface area (Å²) < 4.78 is 37.4. The summed E-state index contributed by atoms with van der Waals surface area (Å²) in [7, 11) is 0. The molecule has 0 aromatic rings. The number of hydrogen-bond donors (Lipinski definition) is 0. The zero-order chi connectivity index (χ0) is 11.5. The zero-order valence-electron chi connectivity index (χ0n) is 8.98. The van der Waals surface area contributed by atoms with Crippen molar-refractivity contribution in [2.24, 2.45) is 17.8 Å². The lowest BCUT2D eigenvalue weighted by atomic mass is 9.88. The maximum atomic E-state index is 12.5. The topological polar surface area (TPSA) is 17.1 Å². The van der Waals surface area contributed by atoms with E-state index < -0.39 is 23.8 Å². The molecule has 0 spiro atoms. The molecule has 0 saturated heterocycles. The van der Waals surface area contributed by atoms with E-state index in [1.807, 2.05) is 0 Å². The van der Waals surface area contributed by atoms with Crippen molar-refractivity contribution < 1.29 is 18.0 Å². The van der Waals surface area contributed by atoms with Crippen molar-refractivity contribution in [1.29, 1.82) is 0 Å². The van der Waals surface area contributed by atoms with Crippen LogP contribution in [0.4, 0.5) is 13.2 Å². The molecule has 0 amide bonds. The van der Waals surface area contributed by atoms with Gasteiger partial charge in [-0.2, -0.15) is 13.2 Å². The highest BCUT2D eigenvalue weighted by molar-refractivity contribution is 5.83. The minimum Gasteiger partial charge on any atom is -0.299 e. The summed E-state index contributed by atoms with van der Waals surface area (Å²) in [6.45, 7) is 6.38. The Balaban J connectivity index is 4.65. The van der Waals surface area contributed by atoms with E-state index in [1.54, 1.807) is 13.8 Å². The SMILES string of the molecule is CC(C)C[C@H](C(=O)C(C)C)C(F)(F)F. The summed E-state index contributed by atoms with van der Waals surface area (Å²) in [5.41, 5.74) is 0. The van der Waals surface area contributed by atoms with Gasteiger partial charge in [0.2, 0.25) is 0 Å². The van der Waals surface area contributed by atoms with Crippen LogP contribution in [0.25, 0.3) is 0 Å².